The van der Waals surface area contributed by atoms with Gasteiger partial charge in [0.15, 0.2) is 0 Å². The number of amides is 1. The first-order valence-corrected chi connectivity index (χ1v) is 6.95. The maximum Gasteiger partial charge on any atom is 0.224 e. The Balaban J connectivity index is 2.32. The van der Waals surface area contributed by atoms with Crippen LogP contribution in [-0.4, -0.2) is 12.5 Å². The highest BCUT2D eigenvalue weighted by atomic mass is 127. The van der Waals surface area contributed by atoms with Gasteiger partial charge in [-0.05, 0) is 72.2 Å². The number of benzene rings is 1. The van der Waals surface area contributed by atoms with E-state index in [1.807, 2.05) is 24.3 Å². The minimum atomic E-state index is 0.0788. The van der Waals surface area contributed by atoms with Gasteiger partial charge >= 0.3 is 0 Å². The molecule has 0 bridgehead atoms. The predicted molar refractivity (Wildman–Crippen MR) is 79.9 cm³/mol. The highest BCUT2D eigenvalue weighted by molar-refractivity contribution is 14.1. The number of hydrogen-bond donors (Lipinski definition) is 2. The third-order valence-electron chi connectivity index (χ3n) is 2.65. The van der Waals surface area contributed by atoms with Crippen LogP contribution >= 0.6 is 22.6 Å². The molecule has 1 aromatic carbocycles. The molecule has 17 heavy (non-hydrogen) atoms. The van der Waals surface area contributed by atoms with E-state index in [-0.39, 0.29) is 5.91 Å². The summed E-state index contributed by atoms with van der Waals surface area (Å²) in [7, 11) is 0. The van der Waals surface area contributed by atoms with Gasteiger partial charge in [-0.3, -0.25) is 4.79 Å². The Morgan fingerprint density at radius 3 is 2.59 bits per heavy atom. The average Bonchev–Trinajstić information content (AvgIpc) is 2.30. The van der Waals surface area contributed by atoms with Gasteiger partial charge in [-0.15, -0.1) is 0 Å². The lowest BCUT2D eigenvalue weighted by Crippen LogP contribution is -2.14. The molecule has 0 aromatic heterocycles. The first-order chi connectivity index (χ1) is 8.11. The van der Waals surface area contributed by atoms with Crippen molar-refractivity contribution >= 4 is 34.2 Å². The molecule has 0 spiro atoms. The second kappa shape index (κ2) is 7.66. The molecule has 0 aliphatic rings. The number of anilines is 1. The van der Waals surface area contributed by atoms with Crippen molar-refractivity contribution in [3.8, 4) is 0 Å². The number of rotatable bonds is 6. The topological polar surface area (TPSA) is 55.1 Å². The lowest BCUT2D eigenvalue weighted by atomic mass is 10.0. The molecule has 3 N–H and O–H groups in total. The lowest BCUT2D eigenvalue weighted by molar-refractivity contribution is -0.116. The number of nitrogens with two attached hydrogens (primary N) is 1. The van der Waals surface area contributed by atoms with Crippen molar-refractivity contribution in [2.45, 2.75) is 26.2 Å². The van der Waals surface area contributed by atoms with E-state index in [4.69, 9.17) is 5.73 Å². The molecule has 0 saturated heterocycles. The molecular formula is C13H19IN2O. The molecule has 1 atom stereocenters. The van der Waals surface area contributed by atoms with Gasteiger partial charge in [0.2, 0.25) is 5.91 Å². The molecule has 0 fully saturated rings. The van der Waals surface area contributed by atoms with Crippen LogP contribution in [0.5, 0.6) is 0 Å². The number of nitrogens with one attached hydrogen (secondary N) is 1. The molecule has 0 heterocycles. The molecule has 1 unspecified atom stereocenters. The van der Waals surface area contributed by atoms with E-state index in [2.05, 4.69) is 34.8 Å². The summed E-state index contributed by atoms with van der Waals surface area (Å²) in [5.74, 6) is 0.595. The third-order valence-corrected chi connectivity index (χ3v) is 3.37. The van der Waals surface area contributed by atoms with E-state index in [0.29, 0.717) is 18.9 Å². The largest absolute Gasteiger partial charge is 0.330 e. The van der Waals surface area contributed by atoms with Gasteiger partial charge in [0, 0.05) is 15.7 Å². The van der Waals surface area contributed by atoms with Crippen LogP contribution in [0.3, 0.4) is 0 Å². The van der Waals surface area contributed by atoms with Crippen molar-refractivity contribution in [1.82, 2.24) is 0 Å². The van der Waals surface area contributed by atoms with Crippen molar-refractivity contribution < 1.29 is 4.79 Å². The van der Waals surface area contributed by atoms with Gasteiger partial charge in [0.1, 0.15) is 0 Å². The highest BCUT2D eigenvalue weighted by Gasteiger charge is 2.06. The van der Waals surface area contributed by atoms with E-state index < -0.39 is 0 Å². The molecule has 0 aliphatic carbocycles. The maximum atomic E-state index is 11.7. The van der Waals surface area contributed by atoms with Crippen molar-refractivity contribution in [3.63, 3.8) is 0 Å². The zero-order chi connectivity index (χ0) is 12.7. The number of hydrogen-bond acceptors (Lipinski definition) is 2. The molecule has 4 heteroatoms. The molecular weight excluding hydrogens is 327 g/mol. The average molecular weight is 346 g/mol. The van der Waals surface area contributed by atoms with Gasteiger partial charge in [-0.2, -0.15) is 0 Å². The first kappa shape index (κ1) is 14.4. The van der Waals surface area contributed by atoms with Gasteiger partial charge in [0.25, 0.3) is 0 Å². The smallest absolute Gasteiger partial charge is 0.224 e. The van der Waals surface area contributed by atoms with Crippen molar-refractivity contribution in [2.75, 3.05) is 11.9 Å². The zero-order valence-corrected chi connectivity index (χ0v) is 12.2. The van der Waals surface area contributed by atoms with Gasteiger partial charge in [-0.25, -0.2) is 0 Å². The summed E-state index contributed by atoms with van der Waals surface area (Å²) in [6, 6.07) is 7.80. The number of carbonyl (C=O) groups is 1. The quantitative estimate of drug-likeness (QED) is 0.778. The molecule has 3 nitrogen and oxygen atoms in total. The predicted octanol–water partition coefficient (Wildman–Crippen LogP) is 2.99. The Bertz CT molecular complexity index is 351. The Labute approximate surface area is 116 Å². The summed E-state index contributed by atoms with van der Waals surface area (Å²) >= 11 is 2.24. The van der Waals surface area contributed by atoms with Crippen molar-refractivity contribution in [1.29, 1.82) is 0 Å². The Morgan fingerprint density at radius 2 is 2.00 bits per heavy atom. The molecule has 1 aromatic rings. The van der Waals surface area contributed by atoms with E-state index in [1.54, 1.807) is 0 Å². The van der Waals surface area contributed by atoms with Crippen LogP contribution in [0, 0.1) is 9.49 Å². The minimum Gasteiger partial charge on any atom is -0.330 e. The lowest BCUT2D eigenvalue weighted by Gasteiger charge is -2.10. The monoisotopic (exact) mass is 346 g/mol. The second-order valence-corrected chi connectivity index (χ2v) is 5.52. The summed E-state index contributed by atoms with van der Waals surface area (Å²) in [6.07, 6.45) is 2.44. The van der Waals surface area contributed by atoms with Crippen LogP contribution in [0.15, 0.2) is 24.3 Å². The Kier molecular flexibility index (Phi) is 6.50. The van der Waals surface area contributed by atoms with E-state index in [9.17, 15) is 4.79 Å². The summed E-state index contributed by atoms with van der Waals surface area (Å²) in [5.41, 5.74) is 6.34. The van der Waals surface area contributed by atoms with Gasteiger partial charge in [-0.1, -0.05) is 6.92 Å². The van der Waals surface area contributed by atoms with E-state index in [1.165, 1.54) is 0 Å². The molecule has 0 radical (unpaired) electrons. The van der Waals surface area contributed by atoms with Crippen LogP contribution in [0.25, 0.3) is 0 Å². The number of halogens is 1. The molecule has 0 aliphatic heterocycles. The Hall–Kier alpha value is -0.620. The fourth-order valence-corrected chi connectivity index (χ4v) is 1.92. The van der Waals surface area contributed by atoms with Crippen LogP contribution in [0.4, 0.5) is 5.69 Å². The van der Waals surface area contributed by atoms with Crippen molar-refractivity contribution in [3.05, 3.63) is 27.8 Å². The molecule has 1 rings (SSSR count). The fourth-order valence-electron chi connectivity index (χ4n) is 1.56. The van der Waals surface area contributed by atoms with Crippen molar-refractivity contribution in [2.24, 2.45) is 11.7 Å². The Morgan fingerprint density at radius 1 is 1.35 bits per heavy atom. The first-order valence-electron chi connectivity index (χ1n) is 5.87. The summed E-state index contributed by atoms with van der Waals surface area (Å²) in [6.45, 7) is 2.82. The summed E-state index contributed by atoms with van der Waals surface area (Å²) < 4.78 is 1.16. The minimum absolute atomic E-state index is 0.0788. The fraction of sp³-hybridized carbons (Fsp3) is 0.462. The zero-order valence-electron chi connectivity index (χ0n) is 10.1. The van der Waals surface area contributed by atoms with Gasteiger partial charge < -0.3 is 11.1 Å². The standard InChI is InChI=1S/C13H19IN2O/c1-10(8-9-15)2-7-13(17)16-12-5-3-11(14)4-6-12/h3-6,10H,2,7-9,15H2,1H3,(H,16,17). The molecule has 0 saturated carbocycles. The SMILES string of the molecule is CC(CCN)CCC(=O)Nc1ccc(I)cc1. The summed E-state index contributed by atoms with van der Waals surface area (Å²) in [5, 5.41) is 2.89. The maximum absolute atomic E-state index is 11.7. The molecule has 94 valence electrons. The van der Waals surface area contributed by atoms with Crippen LogP contribution < -0.4 is 11.1 Å². The molecule has 1 amide bonds. The van der Waals surface area contributed by atoms with Crippen LogP contribution in [0.1, 0.15) is 26.2 Å². The van der Waals surface area contributed by atoms with Crippen LogP contribution in [-0.2, 0) is 4.79 Å². The van der Waals surface area contributed by atoms with Gasteiger partial charge in [0.05, 0.1) is 0 Å². The number of carbonyl (C=O) groups excluding carboxylic acids is 1. The van der Waals surface area contributed by atoms with E-state index in [0.717, 1.165) is 22.1 Å². The highest BCUT2D eigenvalue weighted by Crippen LogP contribution is 2.13. The van der Waals surface area contributed by atoms with E-state index >= 15 is 0 Å². The van der Waals surface area contributed by atoms with Crippen LogP contribution in [0.2, 0.25) is 0 Å². The summed E-state index contributed by atoms with van der Waals surface area (Å²) in [4.78, 5) is 11.7. The third kappa shape index (κ3) is 6.02. The second-order valence-electron chi connectivity index (χ2n) is 4.28. The normalized spacial score (nSPS) is 12.2.